The molecule has 0 aromatic heterocycles. The first-order chi connectivity index (χ1) is 7.81. The Kier molecular flexibility index (Phi) is 5.67. The van der Waals surface area contributed by atoms with Crippen molar-refractivity contribution in [2.75, 3.05) is 26.9 Å². The molecule has 0 aliphatic heterocycles. The summed E-state index contributed by atoms with van der Waals surface area (Å²) in [6.07, 6.45) is 0. The Morgan fingerprint density at radius 3 is 2.62 bits per heavy atom. The van der Waals surface area contributed by atoms with Gasteiger partial charge in [0.25, 0.3) is 0 Å². The average Bonchev–Trinajstić information content (AvgIpc) is 2.34. The second-order valence-electron chi connectivity index (χ2n) is 3.23. The number of nitrogens with two attached hydrogens (primary N) is 1. The highest BCUT2D eigenvalue weighted by atomic mass is 16.5. The molecule has 0 heterocycles. The van der Waals surface area contributed by atoms with Crippen LogP contribution in [0.25, 0.3) is 0 Å². The lowest BCUT2D eigenvalue weighted by Gasteiger charge is -2.11. The Morgan fingerprint density at radius 2 is 2.00 bits per heavy atom. The van der Waals surface area contributed by atoms with Crippen LogP contribution in [0.1, 0.15) is 12.5 Å². The van der Waals surface area contributed by atoms with Crippen LogP contribution in [0, 0.1) is 0 Å². The third-order valence-electron chi connectivity index (χ3n) is 2.15. The Balaban J connectivity index is 2.60. The second kappa shape index (κ2) is 7.09. The molecule has 4 nitrogen and oxygen atoms in total. The minimum absolute atomic E-state index is 0.492. The largest absolute Gasteiger partial charge is 0.493 e. The number of hydrogen-bond donors (Lipinski definition) is 1. The van der Waals surface area contributed by atoms with Crippen molar-refractivity contribution in [3.8, 4) is 11.5 Å². The van der Waals surface area contributed by atoms with Gasteiger partial charge in [-0.3, -0.25) is 0 Å². The molecule has 1 aromatic carbocycles. The van der Waals surface area contributed by atoms with E-state index in [1.807, 2.05) is 25.1 Å². The fourth-order valence-corrected chi connectivity index (χ4v) is 1.32. The predicted octanol–water partition coefficient (Wildman–Crippen LogP) is 1.57. The van der Waals surface area contributed by atoms with E-state index < -0.39 is 0 Å². The van der Waals surface area contributed by atoms with Crippen molar-refractivity contribution in [2.45, 2.75) is 13.5 Å². The number of hydrogen-bond acceptors (Lipinski definition) is 4. The zero-order valence-corrected chi connectivity index (χ0v) is 9.86. The summed E-state index contributed by atoms with van der Waals surface area (Å²) in [7, 11) is 1.62. The summed E-state index contributed by atoms with van der Waals surface area (Å²) in [5.74, 6) is 1.43. The molecule has 0 saturated carbocycles. The van der Waals surface area contributed by atoms with E-state index in [9.17, 15) is 0 Å². The van der Waals surface area contributed by atoms with Gasteiger partial charge < -0.3 is 19.9 Å². The normalized spacial score (nSPS) is 10.2. The van der Waals surface area contributed by atoms with Crippen molar-refractivity contribution in [1.82, 2.24) is 0 Å². The Hall–Kier alpha value is -1.26. The van der Waals surface area contributed by atoms with Crippen molar-refractivity contribution in [3.05, 3.63) is 23.8 Å². The maximum atomic E-state index is 5.57. The fourth-order valence-electron chi connectivity index (χ4n) is 1.32. The van der Waals surface area contributed by atoms with Gasteiger partial charge in [-0.15, -0.1) is 0 Å². The van der Waals surface area contributed by atoms with Crippen LogP contribution in [0.3, 0.4) is 0 Å². The van der Waals surface area contributed by atoms with Gasteiger partial charge in [-0.05, 0) is 24.6 Å². The monoisotopic (exact) mass is 225 g/mol. The Morgan fingerprint density at radius 1 is 1.19 bits per heavy atom. The summed E-state index contributed by atoms with van der Waals surface area (Å²) in [6, 6.07) is 5.68. The highest BCUT2D eigenvalue weighted by Crippen LogP contribution is 2.27. The fraction of sp³-hybridized carbons (Fsp3) is 0.500. The van der Waals surface area contributed by atoms with Crippen LogP contribution < -0.4 is 15.2 Å². The van der Waals surface area contributed by atoms with Crippen LogP contribution in [0.4, 0.5) is 0 Å². The molecule has 0 unspecified atom stereocenters. The highest BCUT2D eigenvalue weighted by Gasteiger charge is 2.04. The molecule has 1 aromatic rings. The summed E-state index contributed by atoms with van der Waals surface area (Å²) < 4.78 is 16.0. The second-order valence-corrected chi connectivity index (χ2v) is 3.23. The van der Waals surface area contributed by atoms with Gasteiger partial charge in [0.1, 0.15) is 6.61 Å². The smallest absolute Gasteiger partial charge is 0.161 e. The molecule has 90 valence electrons. The van der Waals surface area contributed by atoms with E-state index in [4.69, 9.17) is 19.9 Å². The van der Waals surface area contributed by atoms with Crippen molar-refractivity contribution in [3.63, 3.8) is 0 Å². The lowest BCUT2D eigenvalue weighted by atomic mass is 10.2. The zero-order valence-electron chi connectivity index (χ0n) is 9.86. The first-order valence-electron chi connectivity index (χ1n) is 5.39. The molecule has 16 heavy (non-hydrogen) atoms. The van der Waals surface area contributed by atoms with Crippen LogP contribution in [0.5, 0.6) is 11.5 Å². The molecule has 0 bridgehead atoms. The van der Waals surface area contributed by atoms with Gasteiger partial charge in [-0.2, -0.15) is 0 Å². The maximum absolute atomic E-state index is 5.57. The number of methoxy groups -OCH3 is 1. The van der Waals surface area contributed by atoms with E-state index >= 15 is 0 Å². The number of benzene rings is 1. The summed E-state index contributed by atoms with van der Waals surface area (Å²) in [5, 5.41) is 0. The zero-order chi connectivity index (χ0) is 11.8. The number of ether oxygens (including phenoxy) is 3. The Labute approximate surface area is 96.3 Å². The van der Waals surface area contributed by atoms with Gasteiger partial charge in [0, 0.05) is 13.2 Å². The molecule has 0 spiro atoms. The predicted molar refractivity (Wildman–Crippen MR) is 62.9 cm³/mol. The van der Waals surface area contributed by atoms with Crippen molar-refractivity contribution < 1.29 is 14.2 Å². The van der Waals surface area contributed by atoms with Crippen molar-refractivity contribution >= 4 is 0 Å². The summed E-state index contributed by atoms with van der Waals surface area (Å²) in [6.45, 7) is 4.23. The van der Waals surface area contributed by atoms with E-state index in [0.717, 1.165) is 5.56 Å². The third kappa shape index (κ3) is 3.72. The molecule has 2 N–H and O–H groups in total. The van der Waals surface area contributed by atoms with E-state index in [1.165, 1.54) is 0 Å². The van der Waals surface area contributed by atoms with E-state index in [0.29, 0.717) is 37.9 Å². The first-order valence-corrected chi connectivity index (χ1v) is 5.39. The average molecular weight is 225 g/mol. The van der Waals surface area contributed by atoms with Crippen LogP contribution in [-0.4, -0.2) is 26.9 Å². The maximum Gasteiger partial charge on any atom is 0.161 e. The SMILES string of the molecule is CCOCCOc1cc(CN)ccc1OC. The third-order valence-corrected chi connectivity index (χ3v) is 2.15. The van der Waals surface area contributed by atoms with E-state index in [1.54, 1.807) is 7.11 Å². The molecule has 0 atom stereocenters. The molecular weight excluding hydrogens is 206 g/mol. The van der Waals surface area contributed by atoms with Crippen LogP contribution >= 0.6 is 0 Å². The first kappa shape index (κ1) is 12.8. The molecule has 0 aliphatic rings. The van der Waals surface area contributed by atoms with Gasteiger partial charge in [-0.1, -0.05) is 6.07 Å². The topological polar surface area (TPSA) is 53.7 Å². The lowest BCUT2D eigenvalue weighted by molar-refractivity contribution is 0.109. The van der Waals surface area contributed by atoms with E-state index in [-0.39, 0.29) is 0 Å². The number of rotatable bonds is 7. The van der Waals surface area contributed by atoms with Gasteiger partial charge in [0.2, 0.25) is 0 Å². The minimum Gasteiger partial charge on any atom is -0.493 e. The van der Waals surface area contributed by atoms with Gasteiger partial charge in [-0.25, -0.2) is 0 Å². The molecule has 0 fully saturated rings. The van der Waals surface area contributed by atoms with Gasteiger partial charge in [0.15, 0.2) is 11.5 Å². The molecule has 0 aliphatic carbocycles. The summed E-state index contributed by atoms with van der Waals surface area (Å²) in [4.78, 5) is 0. The molecule has 4 heteroatoms. The van der Waals surface area contributed by atoms with Crippen LogP contribution in [0.2, 0.25) is 0 Å². The van der Waals surface area contributed by atoms with Crippen LogP contribution in [-0.2, 0) is 11.3 Å². The molecule has 0 radical (unpaired) electrons. The highest BCUT2D eigenvalue weighted by molar-refractivity contribution is 5.42. The summed E-state index contributed by atoms with van der Waals surface area (Å²) >= 11 is 0. The summed E-state index contributed by atoms with van der Waals surface area (Å²) in [5.41, 5.74) is 6.59. The molecule has 0 amide bonds. The Bertz CT molecular complexity index is 315. The minimum atomic E-state index is 0.492. The van der Waals surface area contributed by atoms with Gasteiger partial charge >= 0.3 is 0 Å². The van der Waals surface area contributed by atoms with E-state index in [2.05, 4.69) is 0 Å². The standard InChI is InChI=1S/C12H19NO3/c1-3-15-6-7-16-12-8-10(9-13)4-5-11(12)14-2/h4-5,8H,3,6-7,9,13H2,1-2H3. The van der Waals surface area contributed by atoms with Crippen molar-refractivity contribution in [1.29, 1.82) is 0 Å². The molecular formula is C12H19NO3. The quantitative estimate of drug-likeness (QED) is 0.716. The van der Waals surface area contributed by atoms with Gasteiger partial charge in [0.05, 0.1) is 13.7 Å². The van der Waals surface area contributed by atoms with Crippen molar-refractivity contribution in [2.24, 2.45) is 5.73 Å². The lowest BCUT2D eigenvalue weighted by Crippen LogP contribution is -2.07. The molecule has 1 rings (SSSR count). The van der Waals surface area contributed by atoms with Crippen LogP contribution in [0.15, 0.2) is 18.2 Å². The molecule has 0 saturated heterocycles.